The van der Waals surface area contributed by atoms with E-state index in [4.69, 9.17) is 14.5 Å². The minimum absolute atomic E-state index is 0.204. The number of amides is 1. The lowest BCUT2D eigenvalue weighted by Crippen LogP contribution is -2.50. The summed E-state index contributed by atoms with van der Waals surface area (Å²) in [4.78, 5) is 35.3. The number of ether oxygens (including phenoxy) is 2. The van der Waals surface area contributed by atoms with Crippen LogP contribution in [-0.2, 0) is 19.1 Å². The summed E-state index contributed by atoms with van der Waals surface area (Å²) in [5.74, 6) is -1.29. The zero-order chi connectivity index (χ0) is 23.5. The molecule has 0 aliphatic carbocycles. The highest BCUT2D eigenvalue weighted by Gasteiger charge is 2.47. The summed E-state index contributed by atoms with van der Waals surface area (Å²) in [5, 5.41) is 0. The van der Waals surface area contributed by atoms with Crippen LogP contribution in [0.4, 0.5) is 11.6 Å². The van der Waals surface area contributed by atoms with Gasteiger partial charge in [-0.15, -0.1) is 0 Å². The third-order valence-corrected chi connectivity index (χ3v) is 5.97. The molecule has 0 radical (unpaired) electrons. The van der Waals surface area contributed by atoms with E-state index in [0.29, 0.717) is 25.5 Å². The highest BCUT2D eigenvalue weighted by molar-refractivity contribution is 6.08. The Morgan fingerprint density at radius 1 is 1.12 bits per heavy atom. The van der Waals surface area contributed by atoms with Crippen molar-refractivity contribution in [2.24, 2.45) is 5.92 Å². The van der Waals surface area contributed by atoms with E-state index in [2.05, 4.69) is 0 Å². The van der Waals surface area contributed by atoms with Crippen molar-refractivity contribution in [3.8, 4) is 0 Å². The second kappa shape index (κ2) is 9.62. The fourth-order valence-electron chi connectivity index (χ4n) is 4.40. The smallest absolute Gasteiger partial charge is 0.321 e. The van der Waals surface area contributed by atoms with E-state index in [0.717, 1.165) is 22.3 Å². The number of carbonyl (C=O) groups is 2. The zero-order valence-electron chi connectivity index (χ0n) is 19.5. The molecule has 4 rings (SSSR count). The Hall–Kier alpha value is -3.39. The van der Waals surface area contributed by atoms with Crippen LogP contribution in [0.1, 0.15) is 24.9 Å². The van der Waals surface area contributed by atoms with E-state index in [9.17, 15) is 9.59 Å². The maximum Gasteiger partial charge on any atom is 0.321 e. The van der Waals surface area contributed by atoms with E-state index >= 15 is 0 Å². The molecule has 8 nitrogen and oxygen atoms in total. The predicted octanol–water partition coefficient (Wildman–Crippen LogP) is 3.25. The number of fused-ring (bicyclic) bond motifs is 3. The summed E-state index contributed by atoms with van der Waals surface area (Å²) in [7, 11) is 5.57. The zero-order valence-corrected chi connectivity index (χ0v) is 19.5. The third kappa shape index (κ3) is 4.18. The van der Waals surface area contributed by atoms with Gasteiger partial charge >= 0.3 is 5.97 Å². The molecule has 0 fully saturated rings. The highest BCUT2D eigenvalue weighted by Crippen LogP contribution is 2.41. The fourth-order valence-corrected chi connectivity index (χ4v) is 4.40. The largest absolute Gasteiger partial charge is 0.465 e. The van der Waals surface area contributed by atoms with Crippen LogP contribution in [0.3, 0.4) is 0 Å². The lowest BCUT2D eigenvalue weighted by Gasteiger charge is -2.38. The summed E-state index contributed by atoms with van der Waals surface area (Å²) in [6.07, 6.45) is 0.628. The molecular weight excluding hydrogens is 420 g/mol. The highest BCUT2D eigenvalue weighted by atomic mass is 16.5. The van der Waals surface area contributed by atoms with Crippen LogP contribution in [0.15, 0.2) is 48.5 Å². The molecule has 0 N–H and O–H groups in total. The van der Waals surface area contributed by atoms with E-state index in [1.54, 1.807) is 18.9 Å². The number of esters is 1. The monoisotopic (exact) mass is 450 g/mol. The van der Waals surface area contributed by atoms with Crippen molar-refractivity contribution in [1.29, 1.82) is 0 Å². The number of hydrogen-bond donors (Lipinski definition) is 0. The number of methoxy groups -OCH3 is 1. The van der Waals surface area contributed by atoms with Crippen LogP contribution in [-0.4, -0.2) is 62.4 Å². The van der Waals surface area contributed by atoms with E-state index in [1.165, 1.54) is 0 Å². The summed E-state index contributed by atoms with van der Waals surface area (Å²) in [6.45, 7) is 2.86. The molecule has 0 bridgehead atoms. The number of anilines is 2. The molecule has 3 aromatic rings. The molecule has 8 heteroatoms. The normalized spacial score (nSPS) is 17.8. The molecular formula is C25H30N4O4. The van der Waals surface area contributed by atoms with Gasteiger partial charge in [-0.3, -0.25) is 14.5 Å². The van der Waals surface area contributed by atoms with Crippen molar-refractivity contribution in [3.63, 3.8) is 0 Å². The van der Waals surface area contributed by atoms with Gasteiger partial charge in [0.1, 0.15) is 0 Å². The number of para-hydroxylation sites is 2. The van der Waals surface area contributed by atoms with Crippen LogP contribution in [0, 0.1) is 5.92 Å². The summed E-state index contributed by atoms with van der Waals surface area (Å²) in [6, 6.07) is 15.1. The van der Waals surface area contributed by atoms with Gasteiger partial charge in [0, 0.05) is 40.0 Å². The van der Waals surface area contributed by atoms with E-state index in [-0.39, 0.29) is 12.5 Å². The molecule has 1 aliphatic rings. The van der Waals surface area contributed by atoms with Gasteiger partial charge in [0.05, 0.1) is 23.7 Å². The molecule has 2 aromatic carbocycles. The van der Waals surface area contributed by atoms with Gasteiger partial charge in [0.25, 0.3) is 0 Å². The molecule has 0 spiro atoms. The fraction of sp³-hybridized carbons (Fsp3) is 0.400. The van der Waals surface area contributed by atoms with E-state index in [1.807, 2.05) is 72.1 Å². The van der Waals surface area contributed by atoms with E-state index < -0.39 is 17.9 Å². The number of carbonyl (C=O) groups excluding carboxylic acids is 2. The number of benzene rings is 2. The average molecular weight is 451 g/mol. The summed E-state index contributed by atoms with van der Waals surface area (Å²) >= 11 is 0. The van der Waals surface area contributed by atoms with Gasteiger partial charge in [-0.05, 0) is 43.2 Å². The van der Waals surface area contributed by atoms with Crippen molar-refractivity contribution in [3.05, 3.63) is 54.1 Å². The van der Waals surface area contributed by atoms with Crippen LogP contribution < -0.4 is 9.80 Å². The molecule has 0 saturated heterocycles. The Labute approximate surface area is 193 Å². The van der Waals surface area contributed by atoms with Crippen molar-refractivity contribution in [2.45, 2.75) is 19.4 Å². The van der Waals surface area contributed by atoms with Gasteiger partial charge < -0.3 is 18.9 Å². The maximum absolute atomic E-state index is 13.8. The standard InChI is InChI=1S/C25H30N4O4/c1-5-33-24(31)21-22(17-11-13-18(14-12-17)27(2)3)29-20-10-7-6-9-19(20)26-25(29)28(23(21)30)15-8-16-32-4/h6-7,9-14,21-22H,5,8,15-16H2,1-4H3/t21-,22+/m1/s1. The minimum Gasteiger partial charge on any atom is -0.465 e. The van der Waals surface area contributed by atoms with Crippen LogP contribution >= 0.6 is 0 Å². The van der Waals surface area contributed by atoms with Gasteiger partial charge in [-0.1, -0.05) is 24.3 Å². The molecule has 33 heavy (non-hydrogen) atoms. The molecule has 174 valence electrons. The van der Waals surface area contributed by atoms with Crippen molar-refractivity contribution >= 4 is 34.5 Å². The molecule has 2 atom stereocenters. The molecule has 2 heterocycles. The van der Waals surface area contributed by atoms with Crippen molar-refractivity contribution in [2.75, 3.05) is 50.8 Å². The van der Waals surface area contributed by atoms with Crippen LogP contribution in [0.25, 0.3) is 11.0 Å². The van der Waals surface area contributed by atoms with Gasteiger partial charge in [-0.25, -0.2) is 4.98 Å². The number of hydrogen-bond acceptors (Lipinski definition) is 6. The molecule has 1 aliphatic heterocycles. The summed E-state index contributed by atoms with van der Waals surface area (Å²) in [5.41, 5.74) is 3.53. The summed E-state index contributed by atoms with van der Waals surface area (Å²) < 4.78 is 12.6. The first-order valence-corrected chi connectivity index (χ1v) is 11.2. The molecule has 1 amide bonds. The Kier molecular flexibility index (Phi) is 6.65. The van der Waals surface area contributed by atoms with Gasteiger partial charge in [0.2, 0.25) is 11.9 Å². The first kappa shape index (κ1) is 22.8. The Morgan fingerprint density at radius 3 is 2.52 bits per heavy atom. The van der Waals surface area contributed by atoms with Crippen molar-refractivity contribution in [1.82, 2.24) is 9.55 Å². The van der Waals surface area contributed by atoms with Gasteiger partial charge in [0.15, 0.2) is 5.92 Å². The third-order valence-electron chi connectivity index (χ3n) is 5.97. The second-order valence-electron chi connectivity index (χ2n) is 8.27. The number of imidazole rings is 1. The van der Waals surface area contributed by atoms with Crippen LogP contribution in [0.2, 0.25) is 0 Å². The Bertz CT molecular complexity index is 1140. The Balaban J connectivity index is 1.91. The lowest BCUT2D eigenvalue weighted by atomic mass is 9.89. The average Bonchev–Trinajstić information content (AvgIpc) is 3.19. The Morgan fingerprint density at radius 2 is 1.85 bits per heavy atom. The van der Waals surface area contributed by atoms with Crippen LogP contribution in [0.5, 0.6) is 0 Å². The number of aromatic nitrogens is 2. The first-order chi connectivity index (χ1) is 16.0. The molecule has 0 unspecified atom stereocenters. The maximum atomic E-state index is 13.8. The van der Waals surface area contributed by atoms with Gasteiger partial charge in [-0.2, -0.15) is 0 Å². The quantitative estimate of drug-likeness (QED) is 0.298. The number of nitrogens with zero attached hydrogens (tertiary/aromatic N) is 4. The minimum atomic E-state index is -1.01. The number of rotatable bonds is 8. The SMILES string of the molecule is CCOC(=O)[C@H]1C(=O)N(CCCOC)c2nc3ccccc3n2[C@H]1c1ccc(N(C)C)cc1. The lowest BCUT2D eigenvalue weighted by molar-refractivity contribution is -0.153. The molecule has 0 saturated carbocycles. The topological polar surface area (TPSA) is 76.9 Å². The first-order valence-electron chi connectivity index (χ1n) is 11.2. The van der Waals surface area contributed by atoms with Crippen molar-refractivity contribution < 1.29 is 19.1 Å². The predicted molar refractivity (Wildman–Crippen MR) is 128 cm³/mol. The molecule has 1 aromatic heterocycles. The second-order valence-corrected chi connectivity index (χ2v) is 8.27.